The Bertz CT molecular complexity index is 446. The summed E-state index contributed by atoms with van der Waals surface area (Å²) in [5.74, 6) is 0.466. The van der Waals surface area contributed by atoms with Gasteiger partial charge < -0.3 is 10.6 Å². The second-order valence-electron chi connectivity index (χ2n) is 5.12. The summed E-state index contributed by atoms with van der Waals surface area (Å²) >= 11 is 0. The first-order chi connectivity index (χ1) is 9.56. The van der Waals surface area contributed by atoms with Gasteiger partial charge in [0.1, 0.15) is 0 Å². The lowest BCUT2D eigenvalue weighted by Crippen LogP contribution is -2.34. The molecule has 3 heteroatoms. The zero-order chi connectivity index (χ0) is 15.1. The Morgan fingerprint density at radius 1 is 1.30 bits per heavy atom. The fourth-order valence-electron chi connectivity index (χ4n) is 2.06. The first kappa shape index (κ1) is 16.3. The molecule has 1 aromatic heterocycles. The first-order valence-corrected chi connectivity index (χ1v) is 7.42. The number of pyridine rings is 1. The van der Waals surface area contributed by atoms with Gasteiger partial charge in [0, 0.05) is 17.1 Å². The molecule has 0 radical (unpaired) electrons. The number of piperidine rings is 1. The SMILES string of the molecule is C=C1CCC(Nc2ccc(C(C)C)nc2)C(=C)N1.CC. The fourth-order valence-corrected chi connectivity index (χ4v) is 2.06. The van der Waals surface area contributed by atoms with E-state index in [0.717, 1.165) is 35.6 Å². The highest BCUT2D eigenvalue weighted by Gasteiger charge is 2.18. The average molecular weight is 273 g/mol. The Morgan fingerprint density at radius 2 is 2.00 bits per heavy atom. The molecule has 1 aromatic rings. The lowest BCUT2D eigenvalue weighted by Gasteiger charge is -2.29. The molecule has 0 aromatic carbocycles. The molecule has 1 saturated heterocycles. The van der Waals surface area contributed by atoms with Crippen LogP contribution in [0.25, 0.3) is 0 Å². The molecule has 1 unspecified atom stereocenters. The Morgan fingerprint density at radius 3 is 2.50 bits per heavy atom. The maximum atomic E-state index is 4.45. The third kappa shape index (κ3) is 4.41. The van der Waals surface area contributed by atoms with Crippen molar-refractivity contribution < 1.29 is 0 Å². The van der Waals surface area contributed by atoms with Crippen molar-refractivity contribution in [2.45, 2.75) is 52.5 Å². The van der Waals surface area contributed by atoms with E-state index in [1.807, 2.05) is 20.0 Å². The Kier molecular flexibility index (Phi) is 6.29. The van der Waals surface area contributed by atoms with Crippen molar-refractivity contribution in [3.63, 3.8) is 0 Å². The van der Waals surface area contributed by atoms with Crippen molar-refractivity contribution in [1.29, 1.82) is 0 Å². The third-order valence-corrected chi connectivity index (χ3v) is 3.21. The Balaban J connectivity index is 0.000000956. The number of aromatic nitrogens is 1. The van der Waals surface area contributed by atoms with E-state index in [-0.39, 0.29) is 6.04 Å². The summed E-state index contributed by atoms with van der Waals surface area (Å²) in [7, 11) is 0. The van der Waals surface area contributed by atoms with E-state index in [2.05, 4.69) is 54.8 Å². The molecule has 1 aliphatic rings. The Labute approximate surface area is 123 Å². The van der Waals surface area contributed by atoms with Crippen LogP contribution in [0.15, 0.2) is 42.9 Å². The molecule has 2 rings (SSSR count). The van der Waals surface area contributed by atoms with Crippen molar-refractivity contribution in [3.8, 4) is 0 Å². The van der Waals surface area contributed by atoms with Gasteiger partial charge >= 0.3 is 0 Å². The highest BCUT2D eigenvalue weighted by Crippen LogP contribution is 2.21. The van der Waals surface area contributed by atoms with Crippen molar-refractivity contribution in [2.24, 2.45) is 0 Å². The lowest BCUT2D eigenvalue weighted by atomic mass is 10.0. The maximum Gasteiger partial charge on any atom is 0.0661 e. The van der Waals surface area contributed by atoms with Crippen LogP contribution in [-0.2, 0) is 0 Å². The summed E-state index contributed by atoms with van der Waals surface area (Å²) in [6.07, 6.45) is 3.90. The molecule has 3 nitrogen and oxygen atoms in total. The molecular formula is C17H27N3. The molecule has 0 amide bonds. The van der Waals surface area contributed by atoms with Gasteiger partial charge in [0.25, 0.3) is 0 Å². The smallest absolute Gasteiger partial charge is 0.0661 e. The molecule has 0 saturated carbocycles. The van der Waals surface area contributed by atoms with E-state index in [4.69, 9.17) is 0 Å². The number of hydrogen-bond donors (Lipinski definition) is 2. The van der Waals surface area contributed by atoms with Crippen LogP contribution in [0.4, 0.5) is 5.69 Å². The molecule has 0 spiro atoms. The summed E-state index contributed by atoms with van der Waals surface area (Å²) in [6, 6.07) is 4.41. The minimum atomic E-state index is 0.252. The van der Waals surface area contributed by atoms with Gasteiger partial charge in [-0.3, -0.25) is 4.98 Å². The molecule has 20 heavy (non-hydrogen) atoms. The van der Waals surface area contributed by atoms with Gasteiger partial charge in [-0.1, -0.05) is 40.9 Å². The number of rotatable bonds is 3. The quantitative estimate of drug-likeness (QED) is 0.856. The number of anilines is 1. The minimum Gasteiger partial charge on any atom is -0.376 e. The van der Waals surface area contributed by atoms with Gasteiger partial charge in [-0.25, -0.2) is 0 Å². The molecule has 1 atom stereocenters. The van der Waals surface area contributed by atoms with Gasteiger partial charge in [0.15, 0.2) is 0 Å². The zero-order valence-corrected chi connectivity index (χ0v) is 13.2. The van der Waals surface area contributed by atoms with Crippen molar-refractivity contribution >= 4 is 5.69 Å². The molecule has 1 fully saturated rings. The normalized spacial score (nSPS) is 18.1. The third-order valence-electron chi connectivity index (χ3n) is 3.21. The van der Waals surface area contributed by atoms with Gasteiger partial charge in [-0.05, 0) is 30.9 Å². The standard InChI is InChI=1S/C15H21N3.C2H6/c1-10(2)14-8-6-13(9-16-14)18-15-7-5-11(3)17-12(15)4;1-2/h6,8-10,15,17-18H,3-5,7H2,1-2H3;1-2H3. The van der Waals surface area contributed by atoms with Crippen LogP contribution in [0.5, 0.6) is 0 Å². The lowest BCUT2D eigenvalue weighted by molar-refractivity contribution is 0.613. The first-order valence-electron chi connectivity index (χ1n) is 7.42. The van der Waals surface area contributed by atoms with E-state index in [9.17, 15) is 0 Å². The molecule has 2 heterocycles. The van der Waals surface area contributed by atoms with Gasteiger partial charge in [0.05, 0.1) is 17.9 Å². The van der Waals surface area contributed by atoms with Gasteiger partial charge in [-0.15, -0.1) is 0 Å². The number of nitrogens with zero attached hydrogens (tertiary/aromatic N) is 1. The summed E-state index contributed by atoms with van der Waals surface area (Å²) in [6.45, 7) is 16.3. The predicted octanol–water partition coefficient (Wildman–Crippen LogP) is 4.42. The maximum absolute atomic E-state index is 4.45. The summed E-state index contributed by atoms with van der Waals surface area (Å²) in [5.41, 5.74) is 4.19. The highest BCUT2D eigenvalue weighted by atomic mass is 15.0. The molecule has 110 valence electrons. The summed E-state index contributed by atoms with van der Waals surface area (Å²) < 4.78 is 0. The second kappa shape index (κ2) is 7.73. The topological polar surface area (TPSA) is 37.0 Å². The molecule has 0 bridgehead atoms. The van der Waals surface area contributed by atoms with Gasteiger partial charge in [0.2, 0.25) is 0 Å². The predicted molar refractivity (Wildman–Crippen MR) is 87.7 cm³/mol. The van der Waals surface area contributed by atoms with Crippen LogP contribution < -0.4 is 10.6 Å². The zero-order valence-electron chi connectivity index (χ0n) is 13.2. The molecule has 1 aliphatic heterocycles. The van der Waals surface area contributed by atoms with Crippen molar-refractivity contribution in [2.75, 3.05) is 5.32 Å². The van der Waals surface area contributed by atoms with E-state index in [1.165, 1.54) is 0 Å². The summed E-state index contributed by atoms with van der Waals surface area (Å²) in [4.78, 5) is 4.45. The second-order valence-corrected chi connectivity index (χ2v) is 5.12. The van der Waals surface area contributed by atoms with E-state index in [1.54, 1.807) is 0 Å². The van der Waals surface area contributed by atoms with Crippen LogP contribution in [0, 0.1) is 0 Å². The van der Waals surface area contributed by atoms with E-state index in [0.29, 0.717) is 5.92 Å². The van der Waals surface area contributed by atoms with Crippen LogP contribution in [0.2, 0.25) is 0 Å². The van der Waals surface area contributed by atoms with Crippen molar-refractivity contribution in [3.05, 3.63) is 48.6 Å². The van der Waals surface area contributed by atoms with Crippen molar-refractivity contribution in [1.82, 2.24) is 10.3 Å². The number of allylic oxidation sites excluding steroid dienone is 1. The molecule has 0 aliphatic carbocycles. The van der Waals surface area contributed by atoms with Crippen LogP contribution >= 0.6 is 0 Å². The monoisotopic (exact) mass is 273 g/mol. The van der Waals surface area contributed by atoms with E-state index >= 15 is 0 Å². The molecular weight excluding hydrogens is 246 g/mol. The fraction of sp³-hybridized carbons (Fsp3) is 0.471. The largest absolute Gasteiger partial charge is 0.376 e. The van der Waals surface area contributed by atoms with Crippen LogP contribution in [-0.4, -0.2) is 11.0 Å². The van der Waals surface area contributed by atoms with Crippen LogP contribution in [0.3, 0.4) is 0 Å². The summed E-state index contributed by atoms with van der Waals surface area (Å²) in [5, 5.41) is 6.66. The average Bonchev–Trinajstić information content (AvgIpc) is 2.45. The Hall–Kier alpha value is -1.77. The minimum absolute atomic E-state index is 0.252. The molecule has 2 N–H and O–H groups in total. The van der Waals surface area contributed by atoms with Gasteiger partial charge in [-0.2, -0.15) is 0 Å². The number of hydrogen-bond acceptors (Lipinski definition) is 3. The van der Waals surface area contributed by atoms with Crippen LogP contribution in [0.1, 0.15) is 52.1 Å². The highest BCUT2D eigenvalue weighted by molar-refractivity contribution is 5.44. The number of nitrogens with one attached hydrogen (secondary N) is 2. The van der Waals surface area contributed by atoms with E-state index < -0.39 is 0 Å².